The molecule has 0 amide bonds. The standard InChI is InChI=1S/C13H22O4Si/c1-5-16-18(14-3,15-4)17-11-12(2)13-9-7-6-8-10-13/h6-10,12H,5,11H2,1-4H3. The molecule has 0 fully saturated rings. The Hall–Kier alpha value is -0.723. The first-order chi connectivity index (χ1) is 8.67. The Balaban J connectivity index is 2.57. The van der Waals surface area contributed by atoms with Gasteiger partial charge in [0.25, 0.3) is 0 Å². The van der Waals surface area contributed by atoms with Crippen LogP contribution in [0.4, 0.5) is 0 Å². The van der Waals surface area contributed by atoms with Crippen LogP contribution in [0.15, 0.2) is 30.3 Å². The normalized spacial score (nSPS) is 13.6. The zero-order valence-electron chi connectivity index (χ0n) is 11.5. The summed E-state index contributed by atoms with van der Waals surface area (Å²) in [7, 11) is 0.169. The summed E-state index contributed by atoms with van der Waals surface area (Å²) in [5.74, 6) is 0.267. The minimum Gasteiger partial charge on any atom is -0.355 e. The molecule has 0 aliphatic rings. The number of rotatable bonds is 8. The molecule has 0 aliphatic heterocycles. The third-order valence-corrected chi connectivity index (χ3v) is 4.86. The van der Waals surface area contributed by atoms with Gasteiger partial charge < -0.3 is 17.7 Å². The van der Waals surface area contributed by atoms with Gasteiger partial charge in [-0.25, -0.2) is 0 Å². The van der Waals surface area contributed by atoms with E-state index in [4.69, 9.17) is 17.7 Å². The molecule has 0 aromatic heterocycles. The van der Waals surface area contributed by atoms with E-state index < -0.39 is 9.05 Å². The van der Waals surface area contributed by atoms with Crippen molar-refractivity contribution in [3.63, 3.8) is 0 Å². The Bertz CT molecular complexity index is 327. The molecule has 4 nitrogen and oxygen atoms in total. The number of hydrogen-bond acceptors (Lipinski definition) is 4. The molecule has 18 heavy (non-hydrogen) atoms. The SMILES string of the molecule is CCO[Si](OC)(OC)OCC(C)c1ccccc1. The Morgan fingerprint density at radius 2 is 1.67 bits per heavy atom. The first-order valence-corrected chi connectivity index (χ1v) is 7.74. The minimum absolute atomic E-state index is 0.267. The number of hydrogen-bond donors (Lipinski definition) is 0. The molecule has 0 N–H and O–H groups in total. The molecule has 1 aromatic rings. The Morgan fingerprint density at radius 1 is 1.06 bits per heavy atom. The van der Waals surface area contributed by atoms with Gasteiger partial charge in [-0.15, -0.1) is 0 Å². The van der Waals surface area contributed by atoms with Crippen LogP contribution < -0.4 is 0 Å². The molecule has 0 saturated heterocycles. The lowest BCUT2D eigenvalue weighted by molar-refractivity contribution is -0.00843. The quantitative estimate of drug-likeness (QED) is 0.680. The Morgan fingerprint density at radius 3 is 2.17 bits per heavy atom. The summed E-state index contributed by atoms with van der Waals surface area (Å²) in [5.41, 5.74) is 1.23. The second-order valence-corrected chi connectivity index (χ2v) is 6.36. The first kappa shape index (κ1) is 15.3. The van der Waals surface area contributed by atoms with E-state index in [1.54, 1.807) is 14.2 Å². The summed E-state index contributed by atoms with van der Waals surface area (Å²) in [6, 6.07) is 10.2. The summed E-state index contributed by atoms with van der Waals surface area (Å²) < 4.78 is 21.8. The van der Waals surface area contributed by atoms with E-state index >= 15 is 0 Å². The van der Waals surface area contributed by atoms with Gasteiger partial charge in [-0.3, -0.25) is 0 Å². The molecule has 0 bridgehead atoms. The molecule has 5 heteroatoms. The Kier molecular flexibility index (Phi) is 6.52. The lowest BCUT2D eigenvalue weighted by Crippen LogP contribution is -2.48. The molecule has 0 saturated carbocycles. The average Bonchev–Trinajstić information content (AvgIpc) is 2.44. The highest BCUT2D eigenvalue weighted by molar-refractivity contribution is 6.53. The molecule has 0 heterocycles. The average molecular weight is 270 g/mol. The van der Waals surface area contributed by atoms with E-state index in [0.717, 1.165) is 0 Å². The second kappa shape index (κ2) is 7.65. The van der Waals surface area contributed by atoms with Crippen LogP contribution in [0.2, 0.25) is 0 Å². The summed E-state index contributed by atoms with van der Waals surface area (Å²) >= 11 is 0. The molecule has 1 aromatic carbocycles. The van der Waals surface area contributed by atoms with Gasteiger partial charge in [0, 0.05) is 33.4 Å². The van der Waals surface area contributed by atoms with Gasteiger partial charge in [0.05, 0.1) is 0 Å². The van der Waals surface area contributed by atoms with Crippen LogP contribution in [-0.2, 0) is 17.7 Å². The molecule has 1 unspecified atom stereocenters. The van der Waals surface area contributed by atoms with E-state index in [2.05, 4.69) is 19.1 Å². The fourth-order valence-corrected chi connectivity index (χ4v) is 3.17. The topological polar surface area (TPSA) is 36.9 Å². The molecular formula is C13H22O4Si. The van der Waals surface area contributed by atoms with E-state index in [1.807, 2.05) is 25.1 Å². The van der Waals surface area contributed by atoms with Gasteiger partial charge in [0.15, 0.2) is 0 Å². The van der Waals surface area contributed by atoms with Crippen molar-refractivity contribution in [2.75, 3.05) is 27.4 Å². The van der Waals surface area contributed by atoms with Gasteiger partial charge >= 0.3 is 9.05 Å². The molecule has 102 valence electrons. The van der Waals surface area contributed by atoms with Crippen LogP contribution in [0.1, 0.15) is 25.3 Å². The van der Waals surface area contributed by atoms with E-state index in [0.29, 0.717) is 13.2 Å². The smallest absolute Gasteiger partial charge is 0.355 e. The highest BCUT2D eigenvalue weighted by Gasteiger charge is 2.43. The lowest BCUT2D eigenvalue weighted by Gasteiger charge is -2.25. The highest BCUT2D eigenvalue weighted by Crippen LogP contribution is 2.18. The van der Waals surface area contributed by atoms with Crippen LogP contribution in [0.5, 0.6) is 0 Å². The van der Waals surface area contributed by atoms with Gasteiger partial charge in [-0.05, 0) is 12.5 Å². The zero-order chi connectivity index (χ0) is 13.4. The van der Waals surface area contributed by atoms with Gasteiger partial charge in [-0.2, -0.15) is 0 Å². The van der Waals surface area contributed by atoms with Crippen molar-refractivity contribution in [1.82, 2.24) is 0 Å². The molecule has 1 rings (SSSR count). The van der Waals surface area contributed by atoms with Crippen molar-refractivity contribution < 1.29 is 17.7 Å². The van der Waals surface area contributed by atoms with Crippen LogP contribution >= 0.6 is 0 Å². The summed E-state index contributed by atoms with van der Waals surface area (Å²) in [6.07, 6.45) is 0. The van der Waals surface area contributed by atoms with Gasteiger partial charge in [0.1, 0.15) is 0 Å². The van der Waals surface area contributed by atoms with Crippen LogP contribution in [0.3, 0.4) is 0 Å². The molecular weight excluding hydrogens is 248 g/mol. The minimum atomic E-state index is -2.94. The van der Waals surface area contributed by atoms with Crippen molar-refractivity contribution in [2.45, 2.75) is 19.8 Å². The van der Waals surface area contributed by atoms with Crippen molar-refractivity contribution in [1.29, 1.82) is 0 Å². The molecule has 0 aliphatic carbocycles. The molecule has 1 atom stereocenters. The van der Waals surface area contributed by atoms with E-state index in [1.165, 1.54) is 5.56 Å². The van der Waals surface area contributed by atoms with E-state index in [-0.39, 0.29) is 5.92 Å². The predicted octanol–water partition coefficient (Wildman–Crippen LogP) is 2.57. The van der Waals surface area contributed by atoms with Gasteiger partial charge in [-0.1, -0.05) is 37.3 Å². The van der Waals surface area contributed by atoms with Crippen LogP contribution in [0.25, 0.3) is 0 Å². The van der Waals surface area contributed by atoms with Crippen molar-refractivity contribution in [2.24, 2.45) is 0 Å². The summed E-state index contributed by atoms with van der Waals surface area (Å²) in [5, 5.41) is 0. The van der Waals surface area contributed by atoms with Crippen molar-refractivity contribution in [3.8, 4) is 0 Å². The maximum absolute atomic E-state index is 5.76. The number of benzene rings is 1. The second-order valence-electron chi connectivity index (χ2n) is 3.96. The summed E-state index contributed by atoms with van der Waals surface area (Å²) in [6.45, 7) is 5.01. The maximum atomic E-state index is 5.76. The van der Waals surface area contributed by atoms with Gasteiger partial charge in [0.2, 0.25) is 0 Å². The Labute approximate surface area is 110 Å². The molecule has 0 spiro atoms. The highest BCUT2D eigenvalue weighted by atomic mass is 28.4. The zero-order valence-corrected chi connectivity index (χ0v) is 12.5. The van der Waals surface area contributed by atoms with Crippen LogP contribution in [-0.4, -0.2) is 36.5 Å². The monoisotopic (exact) mass is 270 g/mol. The molecule has 0 radical (unpaired) electrons. The fourth-order valence-electron chi connectivity index (χ4n) is 1.64. The van der Waals surface area contributed by atoms with Crippen LogP contribution in [0, 0.1) is 0 Å². The fraction of sp³-hybridized carbons (Fsp3) is 0.538. The van der Waals surface area contributed by atoms with E-state index in [9.17, 15) is 0 Å². The van der Waals surface area contributed by atoms with Crippen molar-refractivity contribution in [3.05, 3.63) is 35.9 Å². The largest absolute Gasteiger partial charge is 0.679 e. The summed E-state index contributed by atoms with van der Waals surface area (Å²) in [4.78, 5) is 0. The third kappa shape index (κ3) is 4.19. The van der Waals surface area contributed by atoms with Crippen molar-refractivity contribution >= 4 is 9.05 Å². The first-order valence-electron chi connectivity index (χ1n) is 6.10. The predicted molar refractivity (Wildman–Crippen MR) is 72.2 cm³/mol. The lowest BCUT2D eigenvalue weighted by atomic mass is 10.0. The third-order valence-electron chi connectivity index (χ3n) is 2.70. The maximum Gasteiger partial charge on any atom is 0.679 e.